The molecule has 16 heavy (non-hydrogen) atoms. The Balaban J connectivity index is 1.96. The van der Waals surface area contributed by atoms with Gasteiger partial charge >= 0.3 is 0 Å². The molecule has 1 aromatic rings. The quantitative estimate of drug-likeness (QED) is 0.790. The predicted octanol–water partition coefficient (Wildman–Crippen LogP) is 0.940. The Bertz CT molecular complexity index is 350. The summed E-state index contributed by atoms with van der Waals surface area (Å²) >= 11 is 0. The Morgan fingerprint density at radius 3 is 2.62 bits per heavy atom. The molecule has 0 aromatic heterocycles. The summed E-state index contributed by atoms with van der Waals surface area (Å²) in [5.74, 6) is 0.749. The van der Waals surface area contributed by atoms with Crippen molar-refractivity contribution in [3.05, 3.63) is 35.9 Å². The van der Waals surface area contributed by atoms with Crippen LogP contribution >= 0.6 is 0 Å². The summed E-state index contributed by atoms with van der Waals surface area (Å²) in [7, 11) is 0. The third kappa shape index (κ3) is 2.83. The Hall–Kier alpha value is -1.35. The Labute approximate surface area is 96.0 Å². The van der Waals surface area contributed by atoms with Gasteiger partial charge in [-0.05, 0) is 36.9 Å². The smallest absolute Gasteiger partial charge is 0.217 e. The fourth-order valence-electron chi connectivity index (χ4n) is 2.44. The molecule has 0 bridgehead atoms. The van der Waals surface area contributed by atoms with Crippen molar-refractivity contribution < 1.29 is 4.79 Å². The van der Waals surface area contributed by atoms with Crippen molar-refractivity contribution in [2.75, 3.05) is 13.1 Å². The van der Waals surface area contributed by atoms with Crippen molar-refractivity contribution in [2.24, 2.45) is 17.6 Å². The highest BCUT2D eigenvalue weighted by molar-refractivity contribution is 5.74. The zero-order valence-corrected chi connectivity index (χ0v) is 9.36. The molecule has 1 aliphatic heterocycles. The van der Waals surface area contributed by atoms with Crippen molar-refractivity contribution in [2.45, 2.75) is 12.8 Å². The van der Waals surface area contributed by atoms with E-state index in [4.69, 9.17) is 5.73 Å². The van der Waals surface area contributed by atoms with E-state index in [-0.39, 0.29) is 5.91 Å². The van der Waals surface area contributed by atoms with Crippen LogP contribution in [0.2, 0.25) is 0 Å². The van der Waals surface area contributed by atoms with Crippen molar-refractivity contribution in [3.8, 4) is 0 Å². The maximum atomic E-state index is 10.9. The van der Waals surface area contributed by atoms with Gasteiger partial charge in [-0.1, -0.05) is 30.3 Å². The van der Waals surface area contributed by atoms with Crippen LogP contribution in [0.4, 0.5) is 0 Å². The molecule has 2 atom stereocenters. The van der Waals surface area contributed by atoms with Crippen LogP contribution in [-0.2, 0) is 11.2 Å². The first-order valence-corrected chi connectivity index (χ1v) is 5.78. The molecule has 1 saturated heterocycles. The lowest BCUT2D eigenvalue weighted by Crippen LogP contribution is -2.22. The molecule has 0 aliphatic carbocycles. The molecule has 2 rings (SSSR count). The lowest BCUT2D eigenvalue weighted by atomic mass is 9.87. The number of benzene rings is 1. The van der Waals surface area contributed by atoms with Crippen LogP contribution in [0.5, 0.6) is 0 Å². The molecule has 3 nitrogen and oxygen atoms in total. The van der Waals surface area contributed by atoms with Crippen molar-refractivity contribution in [1.29, 1.82) is 0 Å². The normalized spacial score (nSPS) is 24.5. The Morgan fingerprint density at radius 2 is 1.94 bits per heavy atom. The van der Waals surface area contributed by atoms with E-state index in [1.807, 2.05) is 6.07 Å². The van der Waals surface area contributed by atoms with Crippen LogP contribution in [0.1, 0.15) is 12.0 Å². The molecule has 1 heterocycles. The van der Waals surface area contributed by atoms with Gasteiger partial charge in [-0.25, -0.2) is 0 Å². The SMILES string of the molecule is NC(=O)C[C@@H]1CNC[C@H]1Cc1ccccc1. The number of hydrogen-bond donors (Lipinski definition) is 2. The molecule has 1 aliphatic rings. The van der Waals surface area contributed by atoms with E-state index in [1.165, 1.54) is 5.56 Å². The largest absolute Gasteiger partial charge is 0.370 e. The zero-order valence-electron chi connectivity index (χ0n) is 9.36. The number of carbonyl (C=O) groups is 1. The summed E-state index contributed by atoms with van der Waals surface area (Å²) in [6.07, 6.45) is 1.54. The van der Waals surface area contributed by atoms with E-state index < -0.39 is 0 Å². The van der Waals surface area contributed by atoms with Gasteiger partial charge in [0.1, 0.15) is 0 Å². The Morgan fingerprint density at radius 1 is 1.25 bits per heavy atom. The van der Waals surface area contributed by atoms with E-state index in [2.05, 4.69) is 29.6 Å². The van der Waals surface area contributed by atoms with Crippen LogP contribution < -0.4 is 11.1 Å². The number of hydrogen-bond acceptors (Lipinski definition) is 2. The van der Waals surface area contributed by atoms with Crippen molar-refractivity contribution in [3.63, 3.8) is 0 Å². The van der Waals surface area contributed by atoms with Gasteiger partial charge in [-0.2, -0.15) is 0 Å². The van der Waals surface area contributed by atoms with E-state index in [0.29, 0.717) is 18.3 Å². The highest BCUT2D eigenvalue weighted by Gasteiger charge is 2.28. The molecular weight excluding hydrogens is 200 g/mol. The first-order chi connectivity index (χ1) is 7.75. The third-order valence-electron chi connectivity index (χ3n) is 3.28. The minimum absolute atomic E-state index is 0.188. The molecule has 0 saturated carbocycles. The zero-order chi connectivity index (χ0) is 11.4. The molecule has 86 valence electrons. The van der Waals surface area contributed by atoms with Crippen LogP contribution in [0.25, 0.3) is 0 Å². The van der Waals surface area contributed by atoms with Gasteiger partial charge in [0.25, 0.3) is 0 Å². The average Bonchev–Trinajstić information content (AvgIpc) is 2.66. The summed E-state index contributed by atoms with van der Waals surface area (Å²) < 4.78 is 0. The molecule has 0 spiro atoms. The average molecular weight is 218 g/mol. The lowest BCUT2D eigenvalue weighted by molar-refractivity contribution is -0.119. The molecule has 1 amide bonds. The monoisotopic (exact) mass is 218 g/mol. The fourth-order valence-corrected chi connectivity index (χ4v) is 2.44. The summed E-state index contributed by atoms with van der Waals surface area (Å²) in [5, 5.41) is 3.34. The van der Waals surface area contributed by atoms with Gasteiger partial charge in [0.15, 0.2) is 0 Å². The first kappa shape index (κ1) is 11.1. The van der Waals surface area contributed by atoms with Gasteiger partial charge in [-0.3, -0.25) is 4.79 Å². The summed E-state index contributed by atoms with van der Waals surface area (Å²) in [6.45, 7) is 1.91. The molecule has 1 fully saturated rings. The number of nitrogens with two attached hydrogens (primary N) is 1. The van der Waals surface area contributed by atoms with E-state index in [0.717, 1.165) is 19.5 Å². The number of amides is 1. The maximum Gasteiger partial charge on any atom is 0.217 e. The fraction of sp³-hybridized carbons (Fsp3) is 0.462. The predicted molar refractivity (Wildman–Crippen MR) is 63.8 cm³/mol. The maximum absolute atomic E-state index is 10.9. The van der Waals surface area contributed by atoms with Crippen molar-refractivity contribution >= 4 is 5.91 Å². The highest BCUT2D eigenvalue weighted by Crippen LogP contribution is 2.23. The summed E-state index contributed by atoms with van der Waals surface area (Å²) in [4.78, 5) is 10.9. The third-order valence-corrected chi connectivity index (χ3v) is 3.28. The molecule has 3 N–H and O–H groups in total. The van der Waals surface area contributed by atoms with Crippen LogP contribution in [0.15, 0.2) is 30.3 Å². The highest BCUT2D eigenvalue weighted by atomic mass is 16.1. The van der Waals surface area contributed by atoms with Gasteiger partial charge in [0, 0.05) is 6.42 Å². The van der Waals surface area contributed by atoms with Crippen LogP contribution in [0, 0.1) is 11.8 Å². The van der Waals surface area contributed by atoms with Crippen LogP contribution in [-0.4, -0.2) is 19.0 Å². The van der Waals surface area contributed by atoms with Crippen LogP contribution in [0.3, 0.4) is 0 Å². The van der Waals surface area contributed by atoms with Gasteiger partial charge in [0.05, 0.1) is 0 Å². The van der Waals surface area contributed by atoms with Crippen molar-refractivity contribution in [1.82, 2.24) is 5.32 Å². The van der Waals surface area contributed by atoms with Gasteiger partial charge < -0.3 is 11.1 Å². The minimum atomic E-state index is -0.188. The Kier molecular flexibility index (Phi) is 3.57. The molecule has 1 aromatic carbocycles. The molecular formula is C13H18N2O. The second-order valence-corrected chi connectivity index (χ2v) is 4.54. The lowest BCUT2D eigenvalue weighted by Gasteiger charge is -2.16. The van der Waals surface area contributed by atoms with Gasteiger partial charge in [0.2, 0.25) is 5.91 Å². The topological polar surface area (TPSA) is 55.1 Å². The first-order valence-electron chi connectivity index (χ1n) is 5.78. The number of rotatable bonds is 4. The van der Waals surface area contributed by atoms with E-state index in [9.17, 15) is 4.79 Å². The molecule has 3 heteroatoms. The number of primary amides is 1. The number of carbonyl (C=O) groups excluding carboxylic acids is 1. The molecule has 0 radical (unpaired) electrons. The molecule has 0 unspecified atom stereocenters. The minimum Gasteiger partial charge on any atom is -0.370 e. The van der Waals surface area contributed by atoms with E-state index in [1.54, 1.807) is 0 Å². The van der Waals surface area contributed by atoms with E-state index >= 15 is 0 Å². The summed E-state index contributed by atoms with van der Waals surface area (Å²) in [5.41, 5.74) is 6.60. The second-order valence-electron chi connectivity index (χ2n) is 4.54. The standard InChI is InChI=1S/C13H18N2O/c14-13(16)7-12-9-15-8-11(12)6-10-4-2-1-3-5-10/h1-5,11-12,15H,6-9H2,(H2,14,16)/t11-,12-/m1/s1. The summed E-state index contributed by atoms with van der Waals surface area (Å²) in [6, 6.07) is 10.4. The number of nitrogens with one attached hydrogen (secondary N) is 1. The second kappa shape index (κ2) is 5.12. The van der Waals surface area contributed by atoms with Gasteiger partial charge in [-0.15, -0.1) is 0 Å².